The van der Waals surface area contributed by atoms with E-state index in [4.69, 9.17) is 14.2 Å². The van der Waals surface area contributed by atoms with Gasteiger partial charge in [-0.2, -0.15) is 13.2 Å². The second kappa shape index (κ2) is 6.07. The Bertz CT molecular complexity index is 601. The molecule has 1 N–H and O–H groups in total. The highest BCUT2D eigenvalue weighted by molar-refractivity contribution is 5.77. The SMILES string of the molecule is CC(C)(COC(=O)C12CC3CC(C1)C1(OCC(CO)O1)C(C3)C2)C(F)(F)F. The number of hydrogen-bond acceptors (Lipinski definition) is 5. The molecule has 0 aromatic heterocycles. The van der Waals surface area contributed by atoms with Crippen LogP contribution in [0.4, 0.5) is 13.2 Å². The summed E-state index contributed by atoms with van der Waals surface area (Å²) in [5, 5.41) is 9.38. The van der Waals surface area contributed by atoms with Gasteiger partial charge in [0.05, 0.1) is 24.0 Å². The average molecular weight is 392 g/mol. The molecule has 4 aliphatic carbocycles. The number of aliphatic hydroxyl groups is 1. The van der Waals surface area contributed by atoms with Crippen molar-refractivity contribution in [3.63, 3.8) is 0 Å². The number of ether oxygens (including phenoxy) is 3. The molecule has 0 amide bonds. The van der Waals surface area contributed by atoms with Crippen molar-refractivity contribution < 1.29 is 37.3 Å². The number of carbonyl (C=O) groups excluding carboxylic acids is 1. The second-order valence-electron chi connectivity index (χ2n) is 9.54. The average Bonchev–Trinajstić information content (AvgIpc) is 3.01. The largest absolute Gasteiger partial charge is 0.464 e. The molecule has 27 heavy (non-hydrogen) atoms. The Morgan fingerprint density at radius 2 is 1.81 bits per heavy atom. The smallest absolute Gasteiger partial charge is 0.397 e. The summed E-state index contributed by atoms with van der Waals surface area (Å²) in [5.74, 6) is -0.881. The van der Waals surface area contributed by atoms with Crippen LogP contribution in [0.1, 0.15) is 46.0 Å². The van der Waals surface area contributed by atoms with Gasteiger partial charge in [-0.05, 0) is 51.9 Å². The molecular weight excluding hydrogens is 365 g/mol. The van der Waals surface area contributed by atoms with Crippen molar-refractivity contribution in [1.82, 2.24) is 0 Å². The number of esters is 1. The third-order valence-electron chi connectivity index (χ3n) is 7.14. The van der Waals surface area contributed by atoms with E-state index in [0.717, 1.165) is 26.7 Å². The normalized spacial score (nSPS) is 43.5. The zero-order valence-corrected chi connectivity index (χ0v) is 15.7. The summed E-state index contributed by atoms with van der Waals surface area (Å²) in [6, 6.07) is 0. The van der Waals surface area contributed by atoms with Crippen LogP contribution in [0.15, 0.2) is 0 Å². The molecule has 3 atom stereocenters. The van der Waals surface area contributed by atoms with E-state index in [1.807, 2.05) is 0 Å². The molecular formula is C19H27F3O5. The lowest BCUT2D eigenvalue weighted by Gasteiger charge is -2.61. The van der Waals surface area contributed by atoms with Gasteiger partial charge >= 0.3 is 12.1 Å². The Morgan fingerprint density at radius 1 is 1.19 bits per heavy atom. The monoisotopic (exact) mass is 392 g/mol. The topological polar surface area (TPSA) is 65.0 Å². The lowest BCUT2D eigenvalue weighted by molar-refractivity contribution is -0.308. The van der Waals surface area contributed by atoms with Crippen molar-refractivity contribution in [2.75, 3.05) is 19.8 Å². The van der Waals surface area contributed by atoms with Crippen molar-refractivity contribution in [2.45, 2.75) is 64.0 Å². The van der Waals surface area contributed by atoms with E-state index >= 15 is 0 Å². The molecule has 4 saturated carbocycles. The van der Waals surface area contributed by atoms with Crippen LogP contribution < -0.4 is 0 Å². The highest BCUT2D eigenvalue weighted by atomic mass is 19.4. The summed E-state index contributed by atoms with van der Waals surface area (Å²) in [7, 11) is 0. The first-order chi connectivity index (χ1) is 12.5. The minimum Gasteiger partial charge on any atom is -0.464 e. The quantitative estimate of drug-likeness (QED) is 0.745. The fourth-order valence-corrected chi connectivity index (χ4v) is 5.73. The molecule has 5 fully saturated rings. The predicted octanol–water partition coefficient (Wildman–Crippen LogP) is 3.05. The molecule has 1 spiro atoms. The third-order valence-corrected chi connectivity index (χ3v) is 7.14. The Hall–Kier alpha value is -0.860. The lowest BCUT2D eigenvalue weighted by atomic mass is 9.47. The highest BCUT2D eigenvalue weighted by Crippen LogP contribution is 2.66. The first kappa shape index (κ1) is 19.5. The van der Waals surface area contributed by atoms with Crippen molar-refractivity contribution in [2.24, 2.45) is 28.6 Å². The molecule has 4 bridgehead atoms. The summed E-state index contributed by atoms with van der Waals surface area (Å²) >= 11 is 0. The van der Waals surface area contributed by atoms with E-state index in [9.17, 15) is 23.1 Å². The second-order valence-corrected chi connectivity index (χ2v) is 9.54. The maximum Gasteiger partial charge on any atom is 0.397 e. The van der Waals surface area contributed by atoms with Crippen LogP contribution >= 0.6 is 0 Å². The zero-order chi connectivity index (χ0) is 19.7. The summed E-state index contributed by atoms with van der Waals surface area (Å²) in [4.78, 5) is 12.9. The highest BCUT2D eigenvalue weighted by Gasteiger charge is 2.68. The van der Waals surface area contributed by atoms with Gasteiger partial charge in [-0.25, -0.2) is 0 Å². The van der Waals surface area contributed by atoms with E-state index in [-0.39, 0.29) is 24.5 Å². The number of halogens is 3. The van der Waals surface area contributed by atoms with Crippen LogP contribution in [0, 0.1) is 28.6 Å². The molecule has 5 aliphatic rings. The van der Waals surface area contributed by atoms with E-state index in [0.29, 0.717) is 31.8 Å². The summed E-state index contributed by atoms with van der Waals surface area (Å²) in [5.41, 5.74) is -2.80. The van der Waals surface area contributed by atoms with Crippen LogP contribution in [0.2, 0.25) is 0 Å². The Kier molecular flexibility index (Phi) is 4.37. The summed E-state index contributed by atoms with van der Waals surface area (Å²) in [6.45, 7) is 1.66. The van der Waals surface area contributed by atoms with Crippen molar-refractivity contribution in [1.29, 1.82) is 0 Å². The molecule has 5 rings (SSSR count). The van der Waals surface area contributed by atoms with E-state index < -0.39 is 35.4 Å². The molecule has 0 aromatic carbocycles. The van der Waals surface area contributed by atoms with Gasteiger partial charge in [0.1, 0.15) is 12.7 Å². The zero-order valence-electron chi connectivity index (χ0n) is 15.7. The minimum absolute atomic E-state index is 0.0171. The Morgan fingerprint density at radius 3 is 2.33 bits per heavy atom. The molecule has 8 heteroatoms. The molecule has 1 saturated heterocycles. The van der Waals surface area contributed by atoms with Gasteiger partial charge < -0.3 is 19.3 Å². The standard InChI is InChI=1S/C19H27F3O5/c1-16(2,19(20,21)22)10-25-15(24)17-5-11-3-12(6-17)18(13(4-11)7-17)26-9-14(8-23)27-18/h11-14,23H,3-10H2,1-2H3. The number of aliphatic hydroxyl groups excluding tert-OH is 1. The Balaban J connectivity index is 1.49. The van der Waals surface area contributed by atoms with E-state index in [1.165, 1.54) is 0 Å². The van der Waals surface area contributed by atoms with Gasteiger partial charge in [0, 0.05) is 11.8 Å². The molecule has 1 heterocycles. The molecule has 3 unspecified atom stereocenters. The first-order valence-electron chi connectivity index (χ1n) is 9.68. The predicted molar refractivity (Wildman–Crippen MR) is 87.4 cm³/mol. The summed E-state index contributed by atoms with van der Waals surface area (Å²) < 4.78 is 56.6. The maximum absolute atomic E-state index is 13.1. The van der Waals surface area contributed by atoms with Gasteiger partial charge in [-0.3, -0.25) is 4.79 Å². The number of carbonyl (C=O) groups is 1. The van der Waals surface area contributed by atoms with Crippen LogP contribution in [0.5, 0.6) is 0 Å². The van der Waals surface area contributed by atoms with Crippen molar-refractivity contribution in [3.05, 3.63) is 0 Å². The first-order valence-corrected chi connectivity index (χ1v) is 9.68. The van der Waals surface area contributed by atoms with Crippen molar-refractivity contribution >= 4 is 5.97 Å². The molecule has 0 aromatic rings. The van der Waals surface area contributed by atoms with E-state index in [1.54, 1.807) is 0 Å². The molecule has 1 aliphatic heterocycles. The van der Waals surface area contributed by atoms with Crippen LogP contribution in [-0.2, 0) is 19.0 Å². The molecule has 0 radical (unpaired) electrons. The van der Waals surface area contributed by atoms with Gasteiger partial charge in [-0.1, -0.05) is 0 Å². The third kappa shape index (κ3) is 2.90. The van der Waals surface area contributed by atoms with E-state index in [2.05, 4.69) is 0 Å². The van der Waals surface area contributed by atoms with Crippen LogP contribution in [0.3, 0.4) is 0 Å². The van der Waals surface area contributed by atoms with Crippen molar-refractivity contribution in [3.8, 4) is 0 Å². The van der Waals surface area contributed by atoms with Gasteiger partial charge in [0.2, 0.25) is 0 Å². The fourth-order valence-electron chi connectivity index (χ4n) is 5.73. The number of alkyl halides is 3. The van der Waals surface area contributed by atoms with Crippen LogP contribution in [0.25, 0.3) is 0 Å². The Labute approximate surface area is 156 Å². The fraction of sp³-hybridized carbons (Fsp3) is 0.947. The number of rotatable bonds is 4. The number of hydrogen-bond donors (Lipinski definition) is 1. The molecule has 5 nitrogen and oxygen atoms in total. The van der Waals surface area contributed by atoms with Gasteiger partial charge in [0.15, 0.2) is 5.79 Å². The van der Waals surface area contributed by atoms with Gasteiger partial charge in [0.25, 0.3) is 0 Å². The summed E-state index contributed by atoms with van der Waals surface area (Å²) in [6.07, 6.45) is -1.30. The lowest BCUT2D eigenvalue weighted by Crippen LogP contribution is -2.63. The van der Waals surface area contributed by atoms with Gasteiger partial charge in [-0.15, -0.1) is 0 Å². The van der Waals surface area contributed by atoms with Crippen LogP contribution in [-0.4, -0.2) is 49.0 Å². The maximum atomic E-state index is 13.1. The minimum atomic E-state index is -4.43. The molecule has 154 valence electrons.